The average Bonchev–Trinajstić information content (AvgIpc) is 2.71. The van der Waals surface area contributed by atoms with Crippen LogP contribution in [0.3, 0.4) is 0 Å². The molecule has 1 aromatic rings. The molecule has 2 rings (SSSR count). The summed E-state index contributed by atoms with van der Waals surface area (Å²) in [5.74, 6) is 0.547. The summed E-state index contributed by atoms with van der Waals surface area (Å²) in [7, 11) is 1.57. The Hall–Kier alpha value is -1.78. The van der Waals surface area contributed by atoms with Crippen molar-refractivity contribution in [1.29, 1.82) is 0 Å². The van der Waals surface area contributed by atoms with E-state index in [1.54, 1.807) is 18.1 Å². The molecule has 1 aromatic heterocycles. The van der Waals surface area contributed by atoms with E-state index >= 15 is 0 Å². The summed E-state index contributed by atoms with van der Waals surface area (Å²) >= 11 is 0. The molecular weight excluding hydrogens is 220 g/mol. The van der Waals surface area contributed by atoms with E-state index in [1.165, 1.54) is 0 Å². The van der Waals surface area contributed by atoms with Crippen molar-refractivity contribution < 1.29 is 14.3 Å². The van der Waals surface area contributed by atoms with E-state index in [-0.39, 0.29) is 18.2 Å². The third-order valence-electron chi connectivity index (χ3n) is 2.76. The van der Waals surface area contributed by atoms with Crippen molar-refractivity contribution in [2.75, 3.05) is 13.7 Å². The molecule has 0 radical (unpaired) electrons. The highest BCUT2D eigenvalue weighted by atomic mass is 16.6. The summed E-state index contributed by atoms with van der Waals surface area (Å²) in [6.45, 7) is 4.26. The van der Waals surface area contributed by atoms with E-state index in [4.69, 9.17) is 9.47 Å². The monoisotopic (exact) mass is 236 g/mol. The molecule has 1 unspecified atom stereocenters. The fourth-order valence-electron chi connectivity index (χ4n) is 1.96. The zero-order valence-electron chi connectivity index (χ0n) is 10.2. The fraction of sp³-hybridized carbons (Fsp3) is 0.500. The number of cyclic esters (lactones) is 1. The first kappa shape index (κ1) is 11.7. The molecule has 0 spiro atoms. The number of methoxy groups -OCH3 is 1. The van der Waals surface area contributed by atoms with Crippen molar-refractivity contribution in [1.82, 2.24) is 9.88 Å². The van der Waals surface area contributed by atoms with Gasteiger partial charge in [-0.2, -0.15) is 0 Å². The number of pyridine rings is 1. The van der Waals surface area contributed by atoms with Crippen LogP contribution in [-0.2, 0) is 4.74 Å². The smallest absolute Gasteiger partial charge is 0.410 e. The lowest BCUT2D eigenvalue weighted by Gasteiger charge is -2.24. The van der Waals surface area contributed by atoms with Crippen molar-refractivity contribution in [3.63, 3.8) is 0 Å². The van der Waals surface area contributed by atoms with Crippen molar-refractivity contribution in [3.8, 4) is 5.88 Å². The van der Waals surface area contributed by atoms with Gasteiger partial charge in [0.15, 0.2) is 0 Å². The second-order valence-electron chi connectivity index (χ2n) is 4.20. The molecule has 5 heteroatoms. The topological polar surface area (TPSA) is 51.7 Å². The summed E-state index contributed by atoms with van der Waals surface area (Å²) in [5, 5.41) is 0. The van der Waals surface area contributed by atoms with Gasteiger partial charge in [-0.3, -0.25) is 4.90 Å². The Bertz CT molecular complexity index is 420. The van der Waals surface area contributed by atoms with Crippen LogP contribution in [0.25, 0.3) is 0 Å². The highest BCUT2D eigenvalue weighted by Crippen LogP contribution is 2.29. The van der Waals surface area contributed by atoms with Crippen molar-refractivity contribution >= 4 is 6.09 Å². The largest absolute Gasteiger partial charge is 0.481 e. The van der Waals surface area contributed by atoms with Gasteiger partial charge in [-0.15, -0.1) is 0 Å². The van der Waals surface area contributed by atoms with Gasteiger partial charge in [-0.25, -0.2) is 9.78 Å². The number of hydrogen-bond donors (Lipinski definition) is 0. The predicted octanol–water partition coefficient (Wildman–Crippen LogP) is 1.99. The summed E-state index contributed by atoms with van der Waals surface area (Å²) in [6, 6.07) is 5.48. The fourth-order valence-corrected chi connectivity index (χ4v) is 1.96. The first-order chi connectivity index (χ1) is 8.13. The van der Waals surface area contributed by atoms with Crippen LogP contribution in [-0.4, -0.2) is 35.7 Å². The van der Waals surface area contributed by atoms with Gasteiger partial charge in [-0.1, -0.05) is 6.07 Å². The molecule has 0 bridgehead atoms. The first-order valence-electron chi connectivity index (χ1n) is 5.59. The molecule has 1 atom stereocenters. The number of carbonyl (C=O) groups excluding carboxylic acids is 1. The van der Waals surface area contributed by atoms with Gasteiger partial charge in [-0.05, 0) is 19.9 Å². The Labute approximate surface area is 100 Å². The van der Waals surface area contributed by atoms with Crippen LogP contribution in [0.1, 0.15) is 25.6 Å². The number of amides is 1. The second-order valence-corrected chi connectivity index (χ2v) is 4.20. The van der Waals surface area contributed by atoms with Gasteiger partial charge in [0.25, 0.3) is 0 Å². The van der Waals surface area contributed by atoms with Crippen molar-refractivity contribution in [2.45, 2.75) is 25.9 Å². The van der Waals surface area contributed by atoms with E-state index in [0.29, 0.717) is 12.5 Å². The summed E-state index contributed by atoms with van der Waals surface area (Å²) in [6.07, 6.45) is -0.283. The van der Waals surface area contributed by atoms with Crippen LogP contribution < -0.4 is 4.74 Å². The van der Waals surface area contributed by atoms with Gasteiger partial charge in [0, 0.05) is 12.1 Å². The number of hydrogen-bond acceptors (Lipinski definition) is 4. The number of carbonyl (C=O) groups is 1. The standard InChI is InChI=1S/C12H16N2O3/c1-8(2)14-10(7-17-12(14)15)9-5-4-6-11(13-9)16-3/h4-6,8,10H,7H2,1-3H3. The molecule has 0 N–H and O–H groups in total. The number of rotatable bonds is 3. The summed E-state index contributed by atoms with van der Waals surface area (Å²) < 4.78 is 10.2. The molecule has 1 aliphatic heterocycles. The molecule has 1 amide bonds. The van der Waals surface area contributed by atoms with E-state index in [9.17, 15) is 4.79 Å². The van der Waals surface area contributed by atoms with Gasteiger partial charge in [0.05, 0.1) is 12.8 Å². The molecule has 1 aliphatic rings. The summed E-state index contributed by atoms with van der Waals surface area (Å²) in [4.78, 5) is 17.6. The zero-order valence-corrected chi connectivity index (χ0v) is 10.2. The molecular formula is C12H16N2O3. The lowest BCUT2D eigenvalue weighted by molar-refractivity contribution is 0.149. The molecule has 0 saturated carbocycles. The SMILES string of the molecule is COc1cccc(C2COC(=O)N2C(C)C)n1. The minimum absolute atomic E-state index is 0.0861. The minimum atomic E-state index is -0.283. The maximum atomic E-state index is 11.6. The van der Waals surface area contributed by atoms with E-state index in [0.717, 1.165) is 5.69 Å². The normalized spacial score (nSPS) is 19.6. The first-order valence-corrected chi connectivity index (χ1v) is 5.59. The second kappa shape index (κ2) is 4.61. The number of ether oxygens (including phenoxy) is 2. The quantitative estimate of drug-likeness (QED) is 0.805. The van der Waals surface area contributed by atoms with Gasteiger partial charge in [0.2, 0.25) is 5.88 Å². The van der Waals surface area contributed by atoms with Gasteiger partial charge < -0.3 is 9.47 Å². The Morgan fingerprint density at radius 1 is 1.53 bits per heavy atom. The van der Waals surface area contributed by atoms with Crippen LogP contribution in [0, 0.1) is 0 Å². The van der Waals surface area contributed by atoms with Crippen LogP contribution in [0.4, 0.5) is 4.79 Å². The Balaban J connectivity index is 2.29. The Kier molecular flexibility index (Phi) is 3.17. The van der Waals surface area contributed by atoms with Crippen LogP contribution >= 0.6 is 0 Å². The summed E-state index contributed by atoms with van der Waals surface area (Å²) in [5.41, 5.74) is 0.795. The van der Waals surface area contributed by atoms with Crippen LogP contribution in [0.15, 0.2) is 18.2 Å². The van der Waals surface area contributed by atoms with Crippen LogP contribution in [0.5, 0.6) is 5.88 Å². The van der Waals surface area contributed by atoms with E-state index in [1.807, 2.05) is 26.0 Å². The molecule has 17 heavy (non-hydrogen) atoms. The maximum Gasteiger partial charge on any atom is 0.410 e. The number of aromatic nitrogens is 1. The van der Waals surface area contributed by atoms with Crippen molar-refractivity contribution in [2.24, 2.45) is 0 Å². The molecule has 0 aliphatic carbocycles. The molecule has 0 aromatic carbocycles. The number of nitrogens with zero attached hydrogens (tertiary/aromatic N) is 2. The van der Waals surface area contributed by atoms with E-state index in [2.05, 4.69) is 4.98 Å². The molecule has 5 nitrogen and oxygen atoms in total. The zero-order chi connectivity index (χ0) is 12.4. The third-order valence-corrected chi connectivity index (χ3v) is 2.76. The molecule has 1 saturated heterocycles. The maximum absolute atomic E-state index is 11.6. The van der Waals surface area contributed by atoms with E-state index < -0.39 is 0 Å². The lowest BCUT2D eigenvalue weighted by Crippen LogP contribution is -2.34. The predicted molar refractivity (Wildman–Crippen MR) is 61.9 cm³/mol. The lowest BCUT2D eigenvalue weighted by atomic mass is 10.1. The van der Waals surface area contributed by atoms with Gasteiger partial charge in [0.1, 0.15) is 12.6 Å². The highest BCUT2D eigenvalue weighted by Gasteiger charge is 2.36. The molecule has 1 fully saturated rings. The average molecular weight is 236 g/mol. The Morgan fingerprint density at radius 3 is 2.94 bits per heavy atom. The van der Waals surface area contributed by atoms with Crippen molar-refractivity contribution in [3.05, 3.63) is 23.9 Å². The highest BCUT2D eigenvalue weighted by molar-refractivity contribution is 5.70. The Morgan fingerprint density at radius 2 is 2.29 bits per heavy atom. The van der Waals surface area contributed by atoms with Gasteiger partial charge >= 0.3 is 6.09 Å². The van der Waals surface area contributed by atoms with Crippen LogP contribution in [0.2, 0.25) is 0 Å². The third kappa shape index (κ3) is 2.18. The molecule has 2 heterocycles. The molecule has 92 valence electrons. The minimum Gasteiger partial charge on any atom is -0.481 e.